The minimum Gasteiger partial charge on any atom is -0.391 e. The number of carbonyl (C=O) groups is 2. The van der Waals surface area contributed by atoms with Gasteiger partial charge in [-0.15, -0.1) is 11.3 Å². The highest BCUT2D eigenvalue weighted by atomic mass is 32.1. The molecule has 8 nitrogen and oxygen atoms in total. The molecule has 0 aromatic carbocycles. The first-order chi connectivity index (χ1) is 15.8. The number of thiazole rings is 1. The molecule has 2 bridgehead atoms. The summed E-state index contributed by atoms with van der Waals surface area (Å²) < 4.78 is 0. The zero-order valence-electron chi connectivity index (χ0n) is 19.3. The van der Waals surface area contributed by atoms with Crippen molar-refractivity contribution in [1.82, 2.24) is 20.2 Å². The zero-order valence-corrected chi connectivity index (χ0v) is 20.1. The van der Waals surface area contributed by atoms with E-state index in [0.29, 0.717) is 17.0 Å². The molecule has 5 rings (SSSR count). The molecule has 2 aromatic heterocycles. The summed E-state index contributed by atoms with van der Waals surface area (Å²) in [7, 11) is 0. The van der Waals surface area contributed by atoms with Crippen LogP contribution < -0.4 is 10.6 Å². The molecule has 1 saturated carbocycles. The number of aliphatic hydroxyl groups is 1. The number of fused-ring (bicyclic) bond motifs is 2. The van der Waals surface area contributed by atoms with Crippen LogP contribution in [0.2, 0.25) is 0 Å². The second kappa shape index (κ2) is 8.68. The van der Waals surface area contributed by atoms with Crippen molar-refractivity contribution in [1.29, 1.82) is 0 Å². The lowest BCUT2D eigenvalue weighted by molar-refractivity contribution is 0.0447. The van der Waals surface area contributed by atoms with Crippen molar-refractivity contribution in [3.8, 4) is 10.4 Å². The van der Waals surface area contributed by atoms with E-state index in [1.165, 1.54) is 11.3 Å². The highest BCUT2D eigenvalue weighted by Crippen LogP contribution is 2.41. The Morgan fingerprint density at radius 2 is 1.85 bits per heavy atom. The fraction of sp³-hybridized carbons (Fsp3) is 0.583. The molecule has 2 amide bonds. The second-order valence-electron chi connectivity index (χ2n) is 9.78. The largest absolute Gasteiger partial charge is 0.391 e. The monoisotopic (exact) mass is 469 g/mol. The maximum Gasteiger partial charge on any atom is 0.280 e. The van der Waals surface area contributed by atoms with Crippen LogP contribution in [0.5, 0.6) is 0 Å². The third kappa shape index (κ3) is 4.12. The maximum absolute atomic E-state index is 13.7. The zero-order chi connectivity index (χ0) is 23.3. The first-order valence-electron chi connectivity index (χ1n) is 11.9. The summed E-state index contributed by atoms with van der Waals surface area (Å²) in [4.78, 5) is 38.4. The molecule has 0 unspecified atom stereocenters. The van der Waals surface area contributed by atoms with Crippen molar-refractivity contribution in [2.24, 2.45) is 0 Å². The minimum atomic E-state index is -0.512. The van der Waals surface area contributed by atoms with Crippen LogP contribution in [0, 0.1) is 6.92 Å². The Labute approximate surface area is 197 Å². The summed E-state index contributed by atoms with van der Waals surface area (Å²) in [6.45, 7) is 6.10. The van der Waals surface area contributed by atoms with Crippen molar-refractivity contribution in [2.45, 2.75) is 89.6 Å². The Kier molecular flexibility index (Phi) is 5.86. The maximum atomic E-state index is 13.7. The number of pyridine rings is 1. The van der Waals surface area contributed by atoms with Gasteiger partial charge in [-0.05, 0) is 70.9 Å². The van der Waals surface area contributed by atoms with E-state index in [2.05, 4.69) is 34.4 Å². The van der Waals surface area contributed by atoms with Crippen LogP contribution in [0.3, 0.4) is 0 Å². The predicted octanol–water partition coefficient (Wildman–Crippen LogP) is 3.35. The molecular formula is C24H31N5O3S. The van der Waals surface area contributed by atoms with E-state index in [1.807, 2.05) is 17.9 Å². The number of aromatic nitrogens is 2. The summed E-state index contributed by atoms with van der Waals surface area (Å²) in [5.74, 6) is 0.355. The van der Waals surface area contributed by atoms with E-state index >= 15 is 0 Å². The van der Waals surface area contributed by atoms with Crippen LogP contribution in [0.25, 0.3) is 10.4 Å². The van der Waals surface area contributed by atoms with E-state index in [-0.39, 0.29) is 41.0 Å². The minimum absolute atomic E-state index is 0.0854. The van der Waals surface area contributed by atoms with Gasteiger partial charge in [0.15, 0.2) is 5.01 Å². The number of aliphatic hydroxyl groups excluding tert-OH is 1. The lowest BCUT2D eigenvalue weighted by atomic mass is 9.89. The van der Waals surface area contributed by atoms with E-state index in [1.54, 1.807) is 6.20 Å². The first-order valence-corrected chi connectivity index (χ1v) is 12.7. The van der Waals surface area contributed by atoms with Crippen molar-refractivity contribution < 1.29 is 14.7 Å². The lowest BCUT2D eigenvalue weighted by Crippen LogP contribution is -2.50. The van der Waals surface area contributed by atoms with Crippen LogP contribution in [-0.4, -0.2) is 62.1 Å². The van der Waals surface area contributed by atoms with Gasteiger partial charge in [-0.2, -0.15) is 0 Å². The van der Waals surface area contributed by atoms with Crippen LogP contribution in [0.1, 0.15) is 78.2 Å². The number of anilines is 1. The Bertz CT molecular complexity index is 1060. The molecule has 0 radical (unpaired) electrons. The molecule has 2 atom stereocenters. The molecule has 2 aromatic rings. The SMILES string of the molecule is Cc1cc(NC(C)C)ncc1-c1sc(C(=O)N[C@@H]2CC[C@H]2O)nc1C(=O)N1C2CCC1CC2. The summed E-state index contributed by atoms with van der Waals surface area (Å²) >= 11 is 1.23. The number of hydrogen-bond acceptors (Lipinski definition) is 7. The molecule has 2 saturated heterocycles. The Morgan fingerprint density at radius 1 is 1.15 bits per heavy atom. The molecule has 3 fully saturated rings. The van der Waals surface area contributed by atoms with Gasteiger partial charge in [0.1, 0.15) is 11.5 Å². The van der Waals surface area contributed by atoms with Gasteiger partial charge in [-0.3, -0.25) is 9.59 Å². The summed E-state index contributed by atoms with van der Waals surface area (Å²) in [5, 5.41) is 16.3. The average molecular weight is 470 g/mol. The van der Waals surface area contributed by atoms with Crippen LogP contribution in [0.15, 0.2) is 12.3 Å². The molecule has 33 heavy (non-hydrogen) atoms. The molecule has 2 aliphatic heterocycles. The molecule has 0 spiro atoms. The fourth-order valence-electron chi connectivity index (χ4n) is 5.16. The van der Waals surface area contributed by atoms with Gasteiger partial charge >= 0.3 is 0 Å². The number of nitrogens with zero attached hydrogens (tertiary/aromatic N) is 3. The Balaban J connectivity index is 1.50. The average Bonchev–Trinajstić information content (AvgIpc) is 3.50. The smallest absolute Gasteiger partial charge is 0.280 e. The Hall–Kier alpha value is -2.52. The molecular weight excluding hydrogens is 438 g/mol. The first kappa shape index (κ1) is 22.3. The van der Waals surface area contributed by atoms with Crippen LogP contribution >= 0.6 is 11.3 Å². The Morgan fingerprint density at radius 3 is 2.39 bits per heavy atom. The highest BCUT2D eigenvalue weighted by molar-refractivity contribution is 7.17. The molecule has 3 N–H and O–H groups in total. The van der Waals surface area contributed by atoms with Gasteiger partial charge in [-0.25, -0.2) is 9.97 Å². The normalized spacial score (nSPS) is 25.9. The van der Waals surface area contributed by atoms with Gasteiger partial charge in [0.2, 0.25) is 0 Å². The predicted molar refractivity (Wildman–Crippen MR) is 128 cm³/mol. The molecule has 9 heteroatoms. The number of carbonyl (C=O) groups excluding carboxylic acids is 2. The van der Waals surface area contributed by atoms with E-state index in [9.17, 15) is 14.7 Å². The topological polar surface area (TPSA) is 107 Å². The number of aryl methyl sites for hydroxylation is 1. The van der Waals surface area contributed by atoms with Crippen molar-refractivity contribution in [2.75, 3.05) is 5.32 Å². The van der Waals surface area contributed by atoms with Gasteiger partial charge in [0.25, 0.3) is 11.8 Å². The quantitative estimate of drug-likeness (QED) is 0.599. The number of rotatable bonds is 6. The molecule has 3 aliphatic rings. The molecule has 4 heterocycles. The van der Waals surface area contributed by atoms with Crippen LogP contribution in [0.4, 0.5) is 5.82 Å². The second-order valence-corrected chi connectivity index (χ2v) is 10.8. The van der Waals surface area contributed by atoms with E-state index in [4.69, 9.17) is 0 Å². The van der Waals surface area contributed by atoms with Crippen molar-refractivity contribution >= 4 is 29.0 Å². The molecule has 176 valence electrons. The highest BCUT2D eigenvalue weighted by Gasteiger charge is 2.44. The third-order valence-electron chi connectivity index (χ3n) is 7.06. The van der Waals surface area contributed by atoms with E-state index < -0.39 is 6.10 Å². The summed E-state index contributed by atoms with van der Waals surface area (Å²) in [6, 6.07) is 2.52. The lowest BCUT2D eigenvalue weighted by Gasteiger charge is -2.32. The van der Waals surface area contributed by atoms with Crippen molar-refractivity contribution in [3.05, 3.63) is 28.5 Å². The summed E-state index contributed by atoms with van der Waals surface area (Å²) in [6.07, 6.45) is 6.86. The number of hydrogen-bond donors (Lipinski definition) is 3. The summed E-state index contributed by atoms with van der Waals surface area (Å²) in [5.41, 5.74) is 2.13. The molecule has 1 aliphatic carbocycles. The standard InChI is InChI=1S/C24H31N5O3S/c1-12(2)26-19-10-13(3)16(11-25-19)21-20(24(32)29-14-4-5-15(29)7-6-14)28-23(33-21)22(31)27-17-8-9-18(17)30/h10-12,14-15,17-18,30H,4-9H2,1-3H3,(H,25,26)(H,27,31)/t14?,15?,17-,18-/m1/s1. The van der Waals surface area contributed by atoms with Crippen molar-refractivity contribution in [3.63, 3.8) is 0 Å². The number of nitrogens with one attached hydrogen (secondary N) is 2. The van der Waals surface area contributed by atoms with Gasteiger partial charge in [0.05, 0.1) is 17.0 Å². The van der Waals surface area contributed by atoms with Gasteiger partial charge in [-0.1, -0.05) is 0 Å². The van der Waals surface area contributed by atoms with Crippen LogP contribution in [-0.2, 0) is 0 Å². The number of amides is 2. The van der Waals surface area contributed by atoms with E-state index in [0.717, 1.165) is 49.0 Å². The third-order valence-corrected chi connectivity index (χ3v) is 8.15. The fourth-order valence-corrected chi connectivity index (χ4v) is 6.20. The van der Waals surface area contributed by atoms with Gasteiger partial charge in [0, 0.05) is 29.9 Å². The van der Waals surface area contributed by atoms with Gasteiger partial charge < -0.3 is 20.6 Å².